The molecule has 7 aromatic carbocycles. The SMILES string of the molecule is CC1(C)c2ccccc2-c2ccc(C3c4ccccc4NN3Cc3ccc(Nc4c(-c5ccccc5)ccc5c4C(C)(C)c4ccccc4-5)cc3)cc21. The molecule has 0 saturated heterocycles. The molecule has 3 aliphatic rings. The minimum absolute atomic E-state index is 0.0433. The number of anilines is 3. The maximum absolute atomic E-state index is 3.94. The first-order valence-electron chi connectivity index (χ1n) is 18.8. The minimum atomic E-state index is -0.139. The Bertz CT molecular complexity index is 2540. The van der Waals surface area contributed by atoms with Gasteiger partial charge in [0.05, 0.1) is 17.4 Å². The molecule has 10 rings (SSSR count). The average Bonchev–Trinajstić information content (AvgIpc) is 3.75. The lowest BCUT2D eigenvalue weighted by molar-refractivity contribution is 0.287. The van der Waals surface area contributed by atoms with Crippen LogP contribution in [0.2, 0.25) is 0 Å². The molecule has 0 amide bonds. The average molecular weight is 686 g/mol. The monoisotopic (exact) mass is 685 g/mol. The van der Waals surface area contributed by atoms with Crippen LogP contribution in [0.25, 0.3) is 33.4 Å². The molecule has 1 heterocycles. The van der Waals surface area contributed by atoms with E-state index in [-0.39, 0.29) is 16.9 Å². The highest BCUT2D eigenvalue weighted by molar-refractivity contribution is 5.94. The summed E-state index contributed by atoms with van der Waals surface area (Å²) >= 11 is 0. The maximum atomic E-state index is 3.94. The van der Waals surface area contributed by atoms with Crippen molar-refractivity contribution < 1.29 is 0 Å². The van der Waals surface area contributed by atoms with E-state index in [1.54, 1.807) is 0 Å². The molecule has 53 heavy (non-hydrogen) atoms. The van der Waals surface area contributed by atoms with Crippen LogP contribution in [-0.4, -0.2) is 5.01 Å². The minimum Gasteiger partial charge on any atom is -0.355 e. The van der Waals surface area contributed by atoms with Crippen molar-refractivity contribution in [3.05, 3.63) is 197 Å². The summed E-state index contributed by atoms with van der Waals surface area (Å²) in [5.41, 5.74) is 24.3. The Kier molecular flexibility index (Phi) is 7.09. The Morgan fingerprint density at radius 2 is 1.15 bits per heavy atom. The number of benzene rings is 7. The molecule has 2 aliphatic carbocycles. The van der Waals surface area contributed by atoms with Gasteiger partial charge in [0, 0.05) is 34.2 Å². The lowest BCUT2D eigenvalue weighted by Gasteiger charge is -2.28. The summed E-state index contributed by atoms with van der Waals surface area (Å²) in [4.78, 5) is 0. The van der Waals surface area contributed by atoms with Crippen molar-refractivity contribution in [3.8, 4) is 33.4 Å². The van der Waals surface area contributed by atoms with Gasteiger partial charge in [-0.1, -0.05) is 167 Å². The maximum Gasteiger partial charge on any atom is 0.0814 e. The first-order valence-corrected chi connectivity index (χ1v) is 18.8. The first-order chi connectivity index (χ1) is 25.8. The van der Waals surface area contributed by atoms with Gasteiger partial charge in [-0.25, -0.2) is 5.01 Å². The number of hydrazine groups is 1. The van der Waals surface area contributed by atoms with E-state index in [9.17, 15) is 0 Å². The molecule has 0 aromatic heterocycles. The number of fused-ring (bicyclic) bond motifs is 7. The molecule has 0 spiro atoms. The van der Waals surface area contributed by atoms with Gasteiger partial charge < -0.3 is 10.7 Å². The largest absolute Gasteiger partial charge is 0.355 e. The zero-order chi connectivity index (χ0) is 35.9. The lowest BCUT2D eigenvalue weighted by Crippen LogP contribution is -2.28. The molecule has 0 fully saturated rings. The van der Waals surface area contributed by atoms with Crippen molar-refractivity contribution in [3.63, 3.8) is 0 Å². The Morgan fingerprint density at radius 1 is 0.547 bits per heavy atom. The molecule has 0 saturated carbocycles. The van der Waals surface area contributed by atoms with Gasteiger partial charge in [0.2, 0.25) is 0 Å². The van der Waals surface area contributed by atoms with Gasteiger partial charge in [0.1, 0.15) is 0 Å². The van der Waals surface area contributed by atoms with E-state index in [2.05, 4.69) is 201 Å². The summed E-state index contributed by atoms with van der Waals surface area (Å²) in [7, 11) is 0. The van der Waals surface area contributed by atoms with E-state index in [1.165, 1.54) is 83.7 Å². The fraction of sp³-hybridized carbons (Fsp3) is 0.160. The van der Waals surface area contributed by atoms with Crippen LogP contribution in [0, 0.1) is 0 Å². The van der Waals surface area contributed by atoms with E-state index in [0.717, 1.165) is 12.2 Å². The zero-order valence-corrected chi connectivity index (χ0v) is 30.7. The van der Waals surface area contributed by atoms with Crippen molar-refractivity contribution in [2.75, 3.05) is 10.7 Å². The third kappa shape index (κ3) is 4.91. The van der Waals surface area contributed by atoms with Gasteiger partial charge in [-0.05, 0) is 79.4 Å². The summed E-state index contributed by atoms with van der Waals surface area (Å²) < 4.78 is 0. The fourth-order valence-electron chi connectivity index (χ4n) is 9.50. The van der Waals surface area contributed by atoms with E-state index in [1.807, 2.05) is 0 Å². The molecule has 7 aromatic rings. The Balaban J connectivity index is 0.980. The smallest absolute Gasteiger partial charge is 0.0814 e. The molecule has 0 bridgehead atoms. The standard InChI is InChI=1S/C50H43N3/c1-49(2)42-19-11-8-16-37(42)39-27-24-34(30-44(39)49)48-41-18-10-13-21-45(41)52-53(48)31-32-22-25-35(26-23-32)51-47-36(33-14-6-5-7-15-33)28-29-40-38-17-9-12-20-43(38)50(3,4)46(40)47/h5-30,48,51-52H,31H2,1-4H3. The topological polar surface area (TPSA) is 27.3 Å². The predicted octanol–water partition coefficient (Wildman–Crippen LogP) is 12.6. The molecule has 1 unspecified atom stereocenters. The van der Waals surface area contributed by atoms with Crippen LogP contribution in [0.1, 0.15) is 72.7 Å². The molecule has 1 aliphatic heterocycles. The van der Waals surface area contributed by atoms with E-state index in [4.69, 9.17) is 0 Å². The van der Waals surface area contributed by atoms with Crippen molar-refractivity contribution in [2.45, 2.75) is 51.1 Å². The van der Waals surface area contributed by atoms with Gasteiger partial charge in [0.25, 0.3) is 0 Å². The molecule has 258 valence electrons. The molecule has 0 radical (unpaired) electrons. The van der Waals surface area contributed by atoms with Crippen molar-refractivity contribution in [2.24, 2.45) is 0 Å². The van der Waals surface area contributed by atoms with Crippen LogP contribution in [0.3, 0.4) is 0 Å². The Labute approximate surface area is 313 Å². The predicted molar refractivity (Wildman–Crippen MR) is 221 cm³/mol. The lowest BCUT2D eigenvalue weighted by atomic mass is 9.80. The molecular formula is C50H43N3. The third-order valence-corrected chi connectivity index (χ3v) is 12.1. The Morgan fingerprint density at radius 3 is 1.92 bits per heavy atom. The number of hydrogen-bond acceptors (Lipinski definition) is 3. The number of hydrogen-bond donors (Lipinski definition) is 2. The summed E-state index contributed by atoms with van der Waals surface area (Å²) in [6.45, 7) is 10.2. The number of nitrogens with one attached hydrogen (secondary N) is 2. The molecule has 1 atom stereocenters. The highest BCUT2D eigenvalue weighted by Crippen LogP contribution is 2.54. The van der Waals surface area contributed by atoms with Gasteiger partial charge in [-0.2, -0.15) is 0 Å². The normalized spacial score (nSPS) is 16.9. The Hall–Kier alpha value is -5.90. The molecule has 3 heteroatoms. The molecule has 2 N–H and O–H groups in total. The van der Waals surface area contributed by atoms with Gasteiger partial charge in [-0.3, -0.25) is 0 Å². The van der Waals surface area contributed by atoms with Gasteiger partial charge in [-0.15, -0.1) is 0 Å². The van der Waals surface area contributed by atoms with Gasteiger partial charge in [0.15, 0.2) is 0 Å². The zero-order valence-electron chi connectivity index (χ0n) is 30.7. The second kappa shape index (κ2) is 11.8. The van der Waals surface area contributed by atoms with E-state index in [0.29, 0.717) is 0 Å². The van der Waals surface area contributed by atoms with Crippen molar-refractivity contribution in [1.29, 1.82) is 0 Å². The van der Waals surface area contributed by atoms with Gasteiger partial charge >= 0.3 is 0 Å². The van der Waals surface area contributed by atoms with Crippen LogP contribution in [-0.2, 0) is 17.4 Å². The van der Waals surface area contributed by atoms with Crippen LogP contribution >= 0.6 is 0 Å². The van der Waals surface area contributed by atoms with Crippen LogP contribution < -0.4 is 10.7 Å². The second-order valence-electron chi connectivity index (χ2n) is 16.0. The number of para-hydroxylation sites is 1. The molecular weight excluding hydrogens is 643 g/mol. The third-order valence-electron chi connectivity index (χ3n) is 12.1. The van der Waals surface area contributed by atoms with Crippen molar-refractivity contribution in [1.82, 2.24) is 5.01 Å². The second-order valence-corrected chi connectivity index (χ2v) is 16.0. The first kappa shape index (κ1) is 31.8. The quantitative estimate of drug-likeness (QED) is 0.182. The summed E-state index contributed by atoms with van der Waals surface area (Å²) in [5.74, 6) is 0. The summed E-state index contributed by atoms with van der Waals surface area (Å²) in [5, 5.41) is 6.35. The van der Waals surface area contributed by atoms with E-state index >= 15 is 0 Å². The van der Waals surface area contributed by atoms with Crippen molar-refractivity contribution >= 4 is 17.1 Å². The molecule has 3 nitrogen and oxygen atoms in total. The van der Waals surface area contributed by atoms with E-state index < -0.39 is 0 Å². The van der Waals surface area contributed by atoms with Crippen LogP contribution in [0.5, 0.6) is 0 Å². The fourth-order valence-corrected chi connectivity index (χ4v) is 9.50. The highest BCUT2D eigenvalue weighted by Gasteiger charge is 2.39. The number of nitrogens with zero attached hydrogens (tertiary/aromatic N) is 1. The number of rotatable bonds is 6. The summed E-state index contributed by atoms with van der Waals surface area (Å²) in [6.07, 6.45) is 0. The highest BCUT2D eigenvalue weighted by atomic mass is 15.5. The summed E-state index contributed by atoms with van der Waals surface area (Å²) in [6, 6.07) is 58.2. The van der Waals surface area contributed by atoms with Crippen LogP contribution in [0.15, 0.2) is 158 Å². The van der Waals surface area contributed by atoms with Crippen LogP contribution in [0.4, 0.5) is 17.1 Å².